The average Bonchev–Trinajstić information content (AvgIpc) is 1.60. The van der Waals surface area contributed by atoms with Crippen LogP contribution in [0.5, 0.6) is 0 Å². The summed E-state index contributed by atoms with van der Waals surface area (Å²) < 4.78 is 0.353. The van der Waals surface area contributed by atoms with Crippen LogP contribution in [0.1, 0.15) is 0 Å². The first-order valence-corrected chi connectivity index (χ1v) is 3.65. The van der Waals surface area contributed by atoms with Crippen molar-refractivity contribution >= 4 is 18.6 Å². The number of aliphatic carboxylic acids is 1. The SMILES string of the molecule is C[N+](C)(C)C(CS)C(=O)[O-]. The molecule has 1 atom stereocenters. The van der Waals surface area contributed by atoms with E-state index in [0.717, 1.165) is 0 Å². The van der Waals surface area contributed by atoms with E-state index in [1.54, 1.807) is 21.1 Å². The van der Waals surface area contributed by atoms with Crippen molar-refractivity contribution in [2.24, 2.45) is 0 Å². The van der Waals surface area contributed by atoms with Crippen LogP contribution in [0.4, 0.5) is 0 Å². The second-order valence-corrected chi connectivity index (χ2v) is 3.50. The van der Waals surface area contributed by atoms with Gasteiger partial charge in [-0.05, 0) is 0 Å². The molecule has 0 saturated heterocycles. The summed E-state index contributed by atoms with van der Waals surface area (Å²) in [6.45, 7) is 0. The number of carboxylic acids is 1. The normalized spacial score (nSPS) is 14.8. The molecular weight excluding hydrogens is 150 g/mol. The molecule has 60 valence electrons. The fourth-order valence-electron chi connectivity index (χ4n) is 0.636. The lowest BCUT2D eigenvalue weighted by Crippen LogP contribution is -2.55. The standard InChI is InChI=1S/C6H13NO2S/c1-7(2,3)5(4-10)6(8)9/h5H,4H2,1-3H3,(H-,8,9,10). The third-order valence-electron chi connectivity index (χ3n) is 1.38. The van der Waals surface area contributed by atoms with E-state index in [9.17, 15) is 9.90 Å². The Morgan fingerprint density at radius 1 is 1.60 bits per heavy atom. The van der Waals surface area contributed by atoms with Gasteiger partial charge in [0.2, 0.25) is 0 Å². The Hall–Kier alpha value is -0.220. The molecule has 0 heterocycles. The zero-order chi connectivity index (χ0) is 8.36. The van der Waals surface area contributed by atoms with Gasteiger partial charge in [0.05, 0.1) is 21.1 Å². The zero-order valence-electron chi connectivity index (χ0n) is 6.50. The lowest BCUT2D eigenvalue weighted by atomic mass is 10.3. The van der Waals surface area contributed by atoms with E-state index in [-0.39, 0.29) is 0 Å². The Balaban J connectivity index is 4.22. The summed E-state index contributed by atoms with van der Waals surface area (Å²) in [5.41, 5.74) is 0. The number of thiol groups is 1. The number of carbonyl (C=O) groups excluding carboxylic acids is 1. The van der Waals surface area contributed by atoms with E-state index in [1.807, 2.05) is 0 Å². The molecule has 0 aliphatic carbocycles. The van der Waals surface area contributed by atoms with Crippen LogP contribution in [0, 0.1) is 0 Å². The van der Waals surface area contributed by atoms with Crippen molar-refractivity contribution in [2.75, 3.05) is 26.9 Å². The summed E-state index contributed by atoms with van der Waals surface area (Å²) >= 11 is 3.91. The van der Waals surface area contributed by atoms with Crippen molar-refractivity contribution in [3.63, 3.8) is 0 Å². The lowest BCUT2D eigenvalue weighted by Gasteiger charge is -2.33. The first-order valence-electron chi connectivity index (χ1n) is 3.02. The van der Waals surface area contributed by atoms with E-state index in [4.69, 9.17) is 0 Å². The number of hydrogen-bond acceptors (Lipinski definition) is 3. The van der Waals surface area contributed by atoms with E-state index < -0.39 is 12.0 Å². The predicted octanol–water partition coefficient (Wildman–Crippen LogP) is -1.26. The highest BCUT2D eigenvalue weighted by molar-refractivity contribution is 7.80. The summed E-state index contributed by atoms with van der Waals surface area (Å²) in [6.07, 6.45) is 0. The maximum atomic E-state index is 10.4. The van der Waals surface area contributed by atoms with Crippen molar-refractivity contribution in [3.8, 4) is 0 Å². The van der Waals surface area contributed by atoms with Crippen LogP contribution in [0.15, 0.2) is 0 Å². The molecule has 0 saturated carbocycles. The van der Waals surface area contributed by atoms with Gasteiger partial charge in [-0.3, -0.25) is 0 Å². The maximum absolute atomic E-state index is 10.4. The molecule has 0 bridgehead atoms. The van der Waals surface area contributed by atoms with Gasteiger partial charge in [-0.1, -0.05) is 0 Å². The maximum Gasteiger partial charge on any atom is 0.137 e. The fourth-order valence-corrected chi connectivity index (χ4v) is 1.27. The van der Waals surface area contributed by atoms with Crippen LogP contribution >= 0.6 is 12.6 Å². The van der Waals surface area contributed by atoms with Gasteiger partial charge in [0.1, 0.15) is 12.0 Å². The smallest absolute Gasteiger partial charge is 0.137 e. The highest BCUT2D eigenvalue weighted by Gasteiger charge is 2.22. The zero-order valence-corrected chi connectivity index (χ0v) is 7.39. The molecule has 3 nitrogen and oxygen atoms in total. The summed E-state index contributed by atoms with van der Waals surface area (Å²) in [6, 6.07) is -0.525. The third-order valence-corrected chi connectivity index (χ3v) is 1.73. The molecular formula is C6H13NO2S. The van der Waals surface area contributed by atoms with E-state index >= 15 is 0 Å². The molecule has 0 amide bonds. The Labute approximate surface area is 66.6 Å². The Morgan fingerprint density at radius 3 is 2.00 bits per heavy atom. The molecule has 0 aromatic rings. The molecule has 0 fully saturated rings. The van der Waals surface area contributed by atoms with Gasteiger partial charge in [0.25, 0.3) is 0 Å². The molecule has 1 unspecified atom stereocenters. The van der Waals surface area contributed by atoms with Crippen LogP contribution in [0.2, 0.25) is 0 Å². The molecule has 0 spiro atoms. The van der Waals surface area contributed by atoms with Crippen LogP contribution in [-0.4, -0.2) is 43.4 Å². The lowest BCUT2D eigenvalue weighted by molar-refractivity contribution is -0.886. The third kappa shape index (κ3) is 2.58. The number of likely N-dealkylation sites (N-methyl/N-ethyl adjacent to an activating group) is 1. The quantitative estimate of drug-likeness (QED) is 0.417. The Kier molecular flexibility index (Phi) is 3.18. The number of carbonyl (C=O) groups is 1. The van der Waals surface area contributed by atoms with Gasteiger partial charge < -0.3 is 14.4 Å². The van der Waals surface area contributed by atoms with Crippen molar-refractivity contribution in [1.82, 2.24) is 0 Å². The predicted molar refractivity (Wildman–Crippen MR) is 40.7 cm³/mol. The van der Waals surface area contributed by atoms with Gasteiger partial charge in [0, 0.05) is 5.75 Å². The molecule has 4 heteroatoms. The average molecular weight is 163 g/mol. The molecule has 0 aromatic heterocycles. The Morgan fingerprint density at radius 2 is 2.00 bits per heavy atom. The minimum Gasteiger partial charge on any atom is -0.544 e. The summed E-state index contributed by atoms with van der Waals surface area (Å²) in [5.74, 6) is -0.728. The molecule has 0 rings (SSSR count). The van der Waals surface area contributed by atoms with Gasteiger partial charge >= 0.3 is 0 Å². The van der Waals surface area contributed by atoms with Crippen molar-refractivity contribution < 1.29 is 14.4 Å². The Bertz CT molecular complexity index is 130. The molecule has 0 aliphatic rings. The van der Waals surface area contributed by atoms with Crippen molar-refractivity contribution in [2.45, 2.75) is 6.04 Å². The van der Waals surface area contributed by atoms with Gasteiger partial charge in [-0.15, -0.1) is 0 Å². The number of quaternary nitrogens is 1. The molecule has 10 heavy (non-hydrogen) atoms. The summed E-state index contributed by atoms with van der Waals surface area (Å²) in [7, 11) is 5.41. The largest absolute Gasteiger partial charge is 0.544 e. The molecule has 0 radical (unpaired) electrons. The van der Waals surface area contributed by atoms with Crippen molar-refractivity contribution in [1.29, 1.82) is 0 Å². The van der Waals surface area contributed by atoms with Crippen LogP contribution in [-0.2, 0) is 4.79 Å². The fraction of sp³-hybridized carbons (Fsp3) is 0.833. The number of carboxylic acid groups (broad SMARTS) is 1. The second kappa shape index (κ2) is 3.25. The van der Waals surface area contributed by atoms with Gasteiger partial charge in [-0.25, -0.2) is 0 Å². The van der Waals surface area contributed by atoms with E-state index in [1.165, 1.54) is 0 Å². The summed E-state index contributed by atoms with van der Waals surface area (Å²) in [5, 5.41) is 10.4. The highest BCUT2D eigenvalue weighted by atomic mass is 32.1. The van der Waals surface area contributed by atoms with Gasteiger partial charge in [0.15, 0.2) is 0 Å². The van der Waals surface area contributed by atoms with Crippen molar-refractivity contribution in [3.05, 3.63) is 0 Å². The first kappa shape index (κ1) is 9.78. The number of nitrogens with zero attached hydrogens (tertiary/aromatic N) is 1. The van der Waals surface area contributed by atoms with E-state index in [2.05, 4.69) is 12.6 Å². The van der Waals surface area contributed by atoms with Gasteiger partial charge in [-0.2, -0.15) is 12.6 Å². The molecule has 0 aliphatic heterocycles. The first-order chi connectivity index (χ1) is 4.39. The van der Waals surface area contributed by atoms with Crippen LogP contribution in [0.3, 0.4) is 0 Å². The topological polar surface area (TPSA) is 40.1 Å². The second-order valence-electron chi connectivity index (χ2n) is 3.13. The minimum absolute atomic E-state index is 0.311. The highest BCUT2D eigenvalue weighted by Crippen LogP contribution is 2.02. The molecule has 0 aromatic carbocycles. The molecule has 0 N–H and O–H groups in total. The number of hydrogen-bond donors (Lipinski definition) is 1. The van der Waals surface area contributed by atoms with E-state index in [0.29, 0.717) is 10.2 Å². The number of rotatable bonds is 3. The monoisotopic (exact) mass is 163 g/mol. The summed E-state index contributed by atoms with van der Waals surface area (Å²) in [4.78, 5) is 10.4. The van der Waals surface area contributed by atoms with Crippen LogP contribution in [0.25, 0.3) is 0 Å². The minimum atomic E-state index is -1.04. The van der Waals surface area contributed by atoms with Crippen LogP contribution < -0.4 is 5.11 Å².